The molecule has 3 aliphatic carbocycles. The molecule has 8 rings (SSSR count). The number of hydrogen-bond acceptors (Lipinski definition) is 8. The van der Waals surface area contributed by atoms with Crippen LogP contribution in [-0.2, 0) is 0 Å². The number of nitrogens with one attached hydrogen (secondary N) is 4. The highest BCUT2D eigenvalue weighted by Crippen LogP contribution is 2.60. The van der Waals surface area contributed by atoms with E-state index >= 15 is 0 Å². The lowest BCUT2D eigenvalue weighted by Gasteiger charge is -2.64. The van der Waals surface area contributed by atoms with E-state index in [1.807, 2.05) is 36.5 Å². The van der Waals surface area contributed by atoms with E-state index in [-0.39, 0.29) is 17.0 Å². The maximum atomic E-state index is 10.2. The molecule has 3 heterocycles. The first kappa shape index (κ1) is 26.1. The van der Waals surface area contributed by atoms with Crippen LogP contribution in [-0.4, -0.2) is 27.1 Å². The van der Waals surface area contributed by atoms with Crippen LogP contribution in [0, 0.1) is 35.0 Å². The van der Waals surface area contributed by atoms with Crippen LogP contribution in [0.5, 0.6) is 0 Å². The fraction of sp³-hybridized carbons (Fsp3) is 0.324. The van der Waals surface area contributed by atoms with Crippen molar-refractivity contribution in [3.05, 3.63) is 83.4 Å². The van der Waals surface area contributed by atoms with Gasteiger partial charge < -0.3 is 16.1 Å². The van der Waals surface area contributed by atoms with E-state index in [9.17, 15) is 5.26 Å². The fourth-order valence-corrected chi connectivity index (χ4v) is 6.45. The second-order valence-electron chi connectivity index (χ2n) is 13.0. The highest BCUT2D eigenvalue weighted by atomic mass is 15.7. The second kappa shape index (κ2) is 9.65. The molecule has 2 bridgehead atoms. The van der Waals surface area contributed by atoms with Gasteiger partial charge in [-0.1, -0.05) is 44.9 Å². The molecule has 4 N–H and O–H groups in total. The molecule has 3 fully saturated rings. The van der Waals surface area contributed by atoms with E-state index in [1.54, 1.807) is 6.20 Å². The van der Waals surface area contributed by atoms with Gasteiger partial charge in [0.25, 0.3) is 0 Å². The Morgan fingerprint density at radius 3 is 2.67 bits per heavy atom. The summed E-state index contributed by atoms with van der Waals surface area (Å²) in [5.41, 5.74) is 13.5. The average Bonchev–Trinajstić information content (AvgIpc) is 3.41. The molecule has 8 nitrogen and oxygen atoms in total. The minimum Gasteiger partial charge on any atom is -0.383 e. The quantitative estimate of drug-likeness (QED) is 0.208. The molecule has 3 saturated carbocycles. The highest BCUT2D eigenvalue weighted by molar-refractivity contribution is 5.99. The van der Waals surface area contributed by atoms with Crippen molar-refractivity contribution < 1.29 is 0 Å². The third-order valence-electron chi connectivity index (χ3n) is 8.76. The molecule has 4 aromatic rings. The topological polar surface area (TPSA) is 101 Å². The van der Waals surface area contributed by atoms with Crippen LogP contribution < -0.4 is 21.6 Å². The number of terminal acetylenes is 1. The Bertz CT molecular complexity index is 1810. The van der Waals surface area contributed by atoms with Crippen molar-refractivity contribution in [1.82, 2.24) is 25.9 Å². The molecule has 1 aliphatic heterocycles. The summed E-state index contributed by atoms with van der Waals surface area (Å²) >= 11 is 0. The molecule has 2 aromatic heterocycles. The number of rotatable bonds is 7. The van der Waals surface area contributed by atoms with E-state index in [2.05, 4.69) is 87.7 Å². The summed E-state index contributed by atoms with van der Waals surface area (Å²) in [6, 6.07) is 16.3. The third-order valence-corrected chi connectivity index (χ3v) is 8.76. The lowest BCUT2D eigenvalue weighted by Crippen LogP contribution is -2.69. The Balaban J connectivity index is 1.34. The molecule has 42 heavy (non-hydrogen) atoms. The fourth-order valence-electron chi connectivity index (χ4n) is 6.45. The summed E-state index contributed by atoms with van der Waals surface area (Å²) in [5.74, 6) is 3.65. The van der Waals surface area contributed by atoms with Crippen molar-refractivity contribution in [1.29, 1.82) is 5.26 Å². The zero-order chi connectivity index (χ0) is 29.1. The number of pyridine rings is 2. The molecule has 2 aromatic carbocycles. The summed E-state index contributed by atoms with van der Waals surface area (Å²) in [5, 5.41) is 21.6. The summed E-state index contributed by atoms with van der Waals surface area (Å²) in [7, 11) is 0. The Labute approximate surface area is 246 Å². The van der Waals surface area contributed by atoms with Gasteiger partial charge in [-0.15, -0.1) is 12.0 Å². The van der Waals surface area contributed by atoms with Crippen molar-refractivity contribution in [3.8, 4) is 18.4 Å². The highest BCUT2D eigenvalue weighted by Gasteiger charge is 2.60. The predicted molar refractivity (Wildman–Crippen MR) is 167 cm³/mol. The molecule has 4 aliphatic rings. The van der Waals surface area contributed by atoms with Crippen molar-refractivity contribution in [2.24, 2.45) is 11.3 Å². The predicted octanol–water partition coefficient (Wildman–Crippen LogP) is 5.97. The number of hydrogen-bond donors (Lipinski definition) is 4. The standard InChI is InChI=1S/C34H34N8/c1-5-22-18-37-31-23(17-35)12-24(13-27(31)30(22)38-20-33(2,3)4)39-32(26-8-6-10-28-25(26)9-7-11-36-28)29-19-42(41-40-29)34-14-21(15-34)16-34/h1,6-13,18-19,21,32,39-41H,14-16,20H2,2-4H3,(H,37,38)/t21?,32-,34?/m0/s1. The van der Waals surface area contributed by atoms with Gasteiger partial charge in [0.15, 0.2) is 0 Å². The first-order chi connectivity index (χ1) is 20.3. The van der Waals surface area contributed by atoms with Crippen LogP contribution in [0.2, 0.25) is 0 Å². The molecular formula is C34H34N8. The summed E-state index contributed by atoms with van der Waals surface area (Å²) in [4.78, 5) is 9.21. The van der Waals surface area contributed by atoms with Crippen molar-refractivity contribution in [3.63, 3.8) is 0 Å². The number of benzene rings is 2. The van der Waals surface area contributed by atoms with Gasteiger partial charge in [-0.3, -0.25) is 15.0 Å². The third kappa shape index (κ3) is 4.36. The van der Waals surface area contributed by atoms with Gasteiger partial charge in [-0.05, 0) is 60.4 Å². The molecule has 0 radical (unpaired) electrons. The summed E-state index contributed by atoms with van der Waals surface area (Å²) in [6.07, 6.45) is 15.3. The molecule has 0 amide bonds. The maximum Gasteiger partial charge on any atom is 0.102 e. The van der Waals surface area contributed by atoms with Crippen LogP contribution in [0.25, 0.3) is 21.8 Å². The number of fused-ring (bicyclic) bond motifs is 2. The Kier molecular flexibility index (Phi) is 6.00. The van der Waals surface area contributed by atoms with Gasteiger partial charge in [0, 0.05) is 41.6 Å². The van der Waals surface area contributed by atoms with E-state index in [1.165, 1.54) is 19.3 Å². The largest absolute Gasteiger partial charge is 0.383 e. The van der Waals surface area contributed by atoms with Crippen molar-refractivity contribution in [2.75, 3.05) is 17.2 Å². The molecule has 8 heteroatoms. The molecule has 1 atom stereocenters. The normalized spacial score (nSPS) is 21.4. The monoisotopic (exact) mass is 554 g/mol. The zero-order valence-electron chi connectivity index (χ0n) is 24.1. The number of aromatic nitrogens is 2. The van der Waals surface area contributed by atoms with Crippen LogP contribution in [0.3, 0.4) is 0 Å². The number of anilines is 2. The average molecular weight is 555 g/mol. The van der Waals surface area contributed by atoms with Crippen molar-refractivity contribution in [2.45, 2.75) is 51.6 Å². The first-order valence-corrected chi connectivity index (χ1v) is 14.5. The maximum absolute atomic E-state index is 10.2. The molecule has 210 valence electrons. The van der Waals surface area contributed by atoms with E-state index in [0.717, 1.165) is 44.8 Å². The molecule has 0 saturated heterocycles. The number of nitriles is 1. The van der Waals surface area contributed by atoms with E-state index < -0.39 is 0 Å². The molecule has 0 spiro atoms. The van der Waals surface area contributed by atoms with E-state index in [4.69, 9.17) is 6.42 Å². The Morgan fingerprint density at radius 2 is 1.95 bits per heavy atom. The van der Waals surface area contributed by atoms with E-state index in [0.29, 0.717) is 23.2 Å². The number of nitrogens with zero attached hydrogens (tertiary/aromatic N) is 4. The van der Waals surface area contributed by atoms with Gasteiger partial charge in [-0.25, -0.2) is 0 Å². The molecular weight excluding hydrogens is 520 g/mol. The second-order valence-corrected chi connectivity index (χ2v) is 13.0. The SMILES string of the molecule is C#Cc1cnc2c(C#N)cc(N[C@H](C3=CN(C45CC(C4)C5)NN3)c3cccc4ncccc34)cc2c1NCC(C)(C)C. The Morgan fingerprint density at radius 1 is 1.12 bits per heavy atom. The van der Waals surface area contributed by atoms with Gasteiger partial charge in [0.2, 0.25) is 0 Å². The van der Waals surface area contributed by atoms with Crippen LogP contribution in [0.15, 0.2) is 66.8 Å². The van der Waals surface area contributed by atoms with Gasteiger partial charge in [0.1, 0.15) is 6.07 Å². The first-order valence-electron chi connectivity index (χ1n) is 14.5. The van der Waals surface area contributed by atoms with Gasteiger partial charge >= 0.3 is 0 Å². The lowest BCUT2D eigenvalue weighted by molar-refractivity contribution is -0.141. The van der Waals surface area contributed by atoms with Crippen LogP contribution in [0.4, 0.5) is 11.4 Å². The van der Waals surface area contributed by atoms with Crippen molar-refractivity contribution >= 4 is 33.2 Å². The zero-order valence-corrected chi connectivity index (χ0v) is 24.1. The van der Waals surface area contributed by atoms with Crippen LogP contribution in [0.1, 0.15) is 62.8 Å². The minimum atomic E-state index is -0.249. The summed E-state index contributed by atoms with van der Waals surface area (Å²) < 4.78 is 0. The number of hydrazine groups is 2. The lowest BCUT2D eigenvalue weighted by atomic mass is 9.49. The smallest absolute Gasteiger partial charge is 0.102 e. The van der Waals surface area contributed by atoms with Gasteiger partial charge in [-0.2, -0.15) is 5.26 Å². The van der Waals surface area contributed by atoms with Crippen LogP contribution >= 0.6 is 0 Å². The Hall–Kier alpha value is -4.79. The van der Waals surface area contributed by atoms with Gasteiger partial charge in [0.05, 0.1) is 45.1 Å². The summed E-state index contributed by atoms with van der Waals surface area (Å²) in [6.45, 7) is 7.22. The molecule has 0 unspecified atom stereocenters. The minimum absolute atomic E-state index is 0.0305.